The van der Waals surface area contributed by atoms with Crippen LogP contribution in [0, 0.1) is 18.1 Å². The van der Waals surface area contributed by atoms with Gasteiger partial charge in [-0.25, -0.2) is 4.98 Å². The maximum absolute atomic E-state index is 6.42. The third-order valence-electron chi connectivity index (χ3n) is 11.8. The summed E-state index contributed by atoms with van der Waals surface area (Å²) < 4.78 is 10.3. The van der Waals surface area contributed by atoms with Gasteiger partial charge in [0.05, 0.1) is 28.1 Å². The van der Waals surface area contributed by atoms with Gasteiger partial charge in [0.15, 0.2) is 0 Å². The largest absolute Gasteiger partial charge is 0 e. The number of aromatic nitrogens is 4. The topological polar surface area (TPSA) is 56.7 Å². The summed E-state index contributed by atoms with van der Waals surface area (Å²) in [6, 6.07) is 59.5. The first-order chi connectivity index (χ1) is 30.8. The Morgan fingerprint density at radius 1 is 0.692 bits per heavy atom. The van der Waals surface area contributed by atoms with Crippen molar-refractivity contribution < 1.29 is 24.5 Å². The van der Waals surface area contributed by atoms with Crippen LogP contribution in [0.3, 0.4) is 0 Å². The third kappa shape index (κ3) is 9.44. The Morgan fingerprint density at radius 3 is 1.98 bits per heavy atom. The van der Waals surface area contributed by atoms with E-state index in [9.17, 15) is 0 Å². The maximum Gasteiger partial charge on any atom is 0 e. The normalized spacial score (nSPS) is 11.8. The Bertz CT molecular complexity index is 3170. The average molecular weight is 1090 g/mol. The first-order valence-corrected chi connectivity index (χ1v) is 29.6. The monoisotopic (exact) mass is 1090 g/mol. The Balaban J connectivity index is 0.000000232. The minimum Gasteiger partial charge on any atom is 0 e. The summed E-state index contributed by atoms with van der Waals surface area (Å²) in [4.78, 5) is 14.5. The molecule has 6 aromatic carbocycles. The van der Waals surface area contributed by atoms with Crippen LogP contribution >= 0.6 is 0 Å². The van der Waals surface area contributed by atoms with E-state index in [1.165, 1.54) is 11.1 Å². The van der Waals surface area contributed by atoms with E-state index in [-0.39, 0.29) is 25.5 Å². The van der Waals surface area contributed by atoms with Crippen LogP contribution in [0.2, 0.25) is 17.3 Å². The van der Waals surface area contributed by atoms with E-state index in [0.717, 1.165) is 84.4 Å². The Labute approximate surface area is 399 Å². The van der Waals surface area contributed by atoms with E-state index >= 15 is 0 Å². The average Bonchev–Trinajstić information content (AvgIpc) is 3.88. The van der Waals surface area contributed by atoms with Crippen molar-refractivity contribution in [1.82, 2.24) is 19.5 Å². The SMILES string of the molecule is CC(C)(C)c1cc(-c2ccccc2)c(-n2c(-c3[c-]ccc4c3oc3ncccc34)nc3ccccc32)c(-c2ccccc2)c1.CC(C)Cc1cc(-c2[c-]cccc2)nc[c]1[Ge]([CH3])([CH3])[CH3].[Ir]. The van der Waals surface area contributed by atoms with Crippen molar-refractivity contribution in [3.05, 3.63) is 187 Å². The number of pyridine rings is 2. The number of rotatable bonds is 8. The number of para-hydroxylation sites is 2. The van der Waals surface area contributed by atoms with Crippen LogP contribution in [0.4, 0.5) is 0 Å². The van der Waals surface area contributed by atoms with Crippen molar-refractivity contribution in [3.63, 3.8) is 0 Å². The third-order valence-corrected chi connectivity index (χ3v) is 16.1. The van der Waals surface area contributed by atoms with Crippen LogP contribution in [0.1, 0.15) is 45.7 Å². The second kappa shape index (κ2) is 18.9. The van der Waals surface area contributed by atoms with Crippen LogP contribution < -0.4 is 4.40 Å². The molecule has 0 aliphatic rings. The zero-order chi connectivity index (χ0) is 44.6. The molecule has 65 heavy (non-hydrogen) atoms. The molecule has 0 N–H and O–H groups in total. The minimum absolute atomic E-state index is 0. The van der Waals surface area contributed by atoms with E-state index in [0.29, 0.717) is 11.6 Å². The Morgan fingerprint density at radius 2 is 1.35 bits per heavy atom. The molecule has 1 radical (unpaired) electrons. The van der Waals surface area contributed by atoms with Gasteiger partial charge in [-0.1, -0.05) is 105 Å². The van der Waals surface area contributed by atoms with Gasteiger partial charge in [0.2, 0.25) is 5.71 Å². The van der Waals surface area contributed by atoms with Crippen LogP contribution in [-0.4, -0.2) is 32.8 Å². The maximum atomic E-state index is 6.42. The number of imidazole rings is 1. The van der Waals surface area contributed by atoms with Crippen LogP contribution in [-0.2, 0) is 31.9 Å². The predicted molar refractivity (Wildman–Crippen MR) is 270 cm³/mol. The van der Waals surface area contributed by atoms with E-state index in [4.69, 9.17) is 14.4 Å². The molecule has 0 amide bonds. The summed E-state index contributed by atoms with van der Waals surface area (Å²) in [6.45, 7) is 11.4. The quantitative estimate of drug-likeness (QED) is 0.112. The van der Waals surface area contributed by atoms with Crippen molar-refractivity contribution in [2.45, 2.75) is 63.7 Å². The fraction of sp³-hybridized carbons (Fsp3) is 0.190. The van der Waals surface area contributed by atoms with Crippen molar-refractivity contribution in [2.24, 2.45) is 5.92 Å². The first-order valence-electron chi connectivity index (χ1n) is 22.3. The summed E-state index contributed by atoms with van der Waals surface area (Å²) in [5, 5.41) is 1.97. The smallest absolute Gasteiger partial charge is 0 e. The number of benzene rings is 6. The predicted octanol–water partition coefficient (Wildman–Crippen LogP) is 14.7. The van der Waals surface area contributed by atoms with E-state index in [1.54, 1.807) is 10.6 Å². The number of nitrogens with zero attached hydrogens (tertiary/aromatic N) is 4. The Hall–Kier alpha value is -5.92. The van der Waals surface area contributed by atoms with E-state index < -0.39 is 13.3 Å². The van der Waals surface area contributed by atoms with Gasteiger partial charge in [-0.15, -0.1) is 18.2 Å². The van der Waals surface area contributed by atoms with Gasteiger partial charge < -0.3 is 8.98 Å². The minimum atomic E-state index is -1.86. The number of hydrogen-bond donors (Lipinski definition) is 0. The number of furan rings is 1. The molecule has 5 nitrogen and oxygen atoms in total. The molecule has 0 fully saturated rings. The molecule has 4 aromatic heterocycles. The summed E-state index contributed by atoms with van der Waals surface area (Å²) in [6.07, 6.45) is 5.03. The second-order valence-electron chi connectivity index (χ2n) is 19.1. The van der Waals surface area contributed by atoms with Gasteiger partial charge in [0, 0.05) is 42.8 Å². The van der Waals surface area contributed by atoms with Crippen molar-refractivity contribution >= 4 is 50.8 Å². The van der Waals surface area contributed by atoms with Gasteiger partial charge in [-0.05, 0) is 58.5 Å². The molecule has 7 heteroatoms. The zero-order valence-corrected chi connectivity index (χ0v) is 42.9. The van der Waals surface area contributed by atoms with E-state index in [2.05, 4.69) is 183 Å². The fourth-order valence-corrected chi connectivity index (χ4v) is 12.0. The van der Waals surface area contributed by atoms with Gasteiger partial charge >= 0.3 is 126 Å². The van der Waals surface area contributed by atoms with Crippen molar-refractivity contribution in [2.75, 3.05) is 0 Å². The number of hydrogen-bond acceptors (Lipinski definition) is 4. The zero-order valence-electron chi connectivity index (χ0n) is 38.4. The standard InChI is InChI=1S/C40H30N3O.C18H24GeN.Ir/c1-40(2,3)28-24-32(26-14-6-4-7-15-26)36(33(25-28)27-16-8-5-9-17-27)43-35-22-11-10-21-34(35)42-38(43)31-19-12-18-29-30-20-13-23-41-39(30)44-37(29)31;1-14(2)11-16-12-18(15-9-7-6-8-10-15)20-13-17(16)19(3,4)5;/h4-18,20-25H,1-3H3;6-9,12-14H,11H2,1-5H3;/q2*-1;. The molecule has 0 aliphatic heterocycles. The summed E-state index contributed by atoms with van der Waals surface area (Å²) >= 11 is -1.86. The van der Waals surface area contributed by atoms with Gasteiger partial charge in [0.1, 0.15) is 0 Å². The van der Waals surface area contributed by atoms with Gasteiger partial charge in [-0.3, -0.25) is 4.98 Å². The number of fused-ring (bicyclic) bond motifs is 4. The molecule has 0 aliphatic carbocycles. The van der Waals surface area contributed by atoms with Crippen molar-refractivity contribution in [3.8, 4) is 50.6 Å². The summed E-state index contributed by atoms with van der Waals surface area (Å²) in [5.74, 6) is 8.77. The van der Waals surface area contributed by atoms with Gasteiger partial charge in [-0.2, -0.15) is 0 Å². The molecular formula is C58H54GeIrN4O-2. The molecule has 0 atom stereocenters. The molecular weight excluding hydrogens is 1030 g/mol. The molecule has 10 rings (SSSR count). The van der Waals surface area contributed by atoms with Crippen molar-refractivity contribution in [1.29, 1.82) is 0 Å². The molecule has 0 bridgehead atoms. The van der Waals surface area contributed by atoms with Gasteiger partial charge in [0.25, 0.3) is 0 Å². The first kappa shape index (κ1) is 45.6. The molecule has 0 saturated carbocycles. The Kier molecular flexibility index (Phi) is 13.3. The molecule has 10 aromatic rings. The van der Waals surface area contributed by atoms with Crippen LogP contribution in [0.15, 0.2) is 168 Å². The van der Waals surface area contributed by atoms with E-state index in [1.807, 2.05) is 48.5 Å². The summed E-state index contributed by atoms with van der Waals surface area (Å²) in [5.41, 5.74) is 14.5. The summed E-state index contributed by atoms with van der Waals surface area (Å²) in [7, 11) is 0. The molecule has 0 unspecified atom stereocenters. The molecule has 4 heterocycles. The second-order valence-corrected chi connectivity index (χ2v) is 29.6. The molecule has 0 saturated heterocycles. The molecule has 0 spiro atoms. The van der Waals surface area contributed by atoms with Crippen LogP contribution in [0.5, 0.6) is 0 Å². The molecule has 327 valence electrons. The fourth-order valence-electron chi connectivity index (χ4n) is 8.63. The van der Waals surface area contributed by atoms with Crippen LogP contribution in [0.25, 0.3) is 83.7 Å².